The van der Waals surface area contributed by atoms with Crippen LogP contribution in [0.3, 0.4) is 0 Å². The molecule has 0 saturated carbocycles. The zero-order valence-electron chi connectivity index (χ0n) is 15.7. The molecule has 1 aliphatic heterocycles. The van der Waals surface area contributed by atoms with E-state index in [-0.39, 0.29) is 11.8 Å². The van der Waals surface area contributed by atoms with Crippen LogP contribution in [0.5, 0.6) is 0 Å². The van der Waals surface area contributed by atoms with Gasteiger partial charge in [-0.2, -0.15) is 0 Å². The number of amides is 2. The molecule has 138 valence electrons. The third kappa shape index (κ3) is 4.46. The standard InChI is InChI=1S/C21H21N3O2S/c1-12-5-6-16(11-13(12)2)14(3)19-20(26)24-21(27-19)23-18-9-7-17(8-10-18)22-15(4)25/h5-11H,1-4H3,(H,22,25)(H,23,24,26)/b19-14-. The number of aryl methyl sites for hydroxylation is 2. The summed E-state index contributed by atoms with van der Waals surface area (Å²) < 4.78 is 0. The molecule has 3 rings (SSSR count). The Morgan fingerprint density at radius 3 is 2.37 bits per heavy atom. The summed E-state index contributed by atoms with van der Waals surface area (Å²) >= 11 is 1.34. The lowest BCUT2D eigenvalue weighted by Crippen LogP contribution is -2.19. The van der Waals surface area contributed by atoms with Crippen LogP contribution >= 0.6 is 11.8 Å². The second-order valence-electron chi connectivity index (χ2n) is 6.45. The third-order valence-corrected chi connectivity index (χ3v) is 5.41. The zero-order valence-corrected chi connectivity index (χ0v) is 16.5. The van der Waals surface area contributed by atoms with Crippen molar-refractivity contribution in [2.24, 2.45) is 4.99 Å². The van der Waals surface area contributed by atoms with Crippen molar-refractivity contribution >= 4 is 45.7 Å². The number of nitrogens with zero attached hydrogens (tertiary/aromatic N) is 1. The second-order valence-corrected chi connectivity index (χ2v) is 7.45. The molecule has 2 N–H and O–H groups in total. The van der Waals surface area contributed by atoms with E-state index in [1.807, 2.05) is 13.0 Å². The van der Waals surface area contributed by atoms with Gasteiger partial charge in [0.15, 0.2) is 5.17 Å². The molecule has 0 spiro atoms. The van der Waals surface area contributed by atoms with Gasteiger partial charge in [0, 0.05) is 12.6 Å². The Kier molecular flexibility index (Phi) is 5.46. The first kappa shape index (κ1) is 18.9. The molecule has 1 aliphatic rings. The average molecular weight is 379 g/mol. The van der Waals surface area contributed by atoms with E-state index in [1.165, 1.54) is 29.8 Å². The summed E-state index contributed by atoms with van der Waals surface area (Å²) in [7, 11) is 0. The topological polar surface area (TPSA) is 70.6 Å². The van der Waals surface area contributed by atoms with Crippen LogP contribution in [0.25, 0.3) is 5.57 Å². The summed E-state index contributed by atoms with van der Waals surface area (Å²) in [6, 6.07) is 13.3. The van der Waals surface area contributed by atoms with Gasteiger partial charge in [0.05, 0.1) is 10.6 Å². The highest BCUT2D eigenvalue weighted by Gasteiger charge is 2.26. The third-order valence-electron chi connectivity index (χ3n) is 4.32. The first-order chi connectivity index (χ1) is 12.8. The van der Waals surface area contributed by atoms with Gasteiger partial charge in [-0.15, -0.1) is 0 Å². The Morgan fingerprint density at radius 2 is 1.74 bits per heavy atom. The summed E-state index contributed by atoms with van der Waals surface area (Å²) in [6.07, 6.45) is 0. The van der Waals surface area contributed by atoms with Crippen LogP contribution in [0.1, 0.15) is 30.5 Å². The van der Waals surface area contributed by atoms with Gasteiger partial charge in [0.2, 0.25) is 5.91 Å². The lowest BCUT2D eigenvalue weighted by atomic mass is 10.0. The van der Waals surface area contributed by atoms with Crippen molar-refractivity contribution in [3.05, 3.63) is 64.1 Å². The predicted octanol–water partition coefficient (Wildman–Crippen LogP) is 4.54. The van der Waals surface area contributed by atoms with Crippen LogP contribution in [0.2, 0.25) is 0 Å². The highest BCUT2D eigenvalue weighted by atomic mass is 32.2. The monoisotopic (exact) mass is 379 g/mol. The molecule has 1 saturated heterocycles. The van der Waals surface area contributed by atoms with Crippen LogP contribution in [-0.2, 0) is 9.59 Å². The fourth-order valence-corrected chi connectivity index (χ4v) is 3.57. The highest BCUT2D eigenvalue weighted by molar-refractivity contribution is 8.18. The van der Waals surface area contributed by atoms with Gasteiger partial charge in [0.1, 0.15) is 0 Å². The average Bonchev–Trinajstić information content (AvgIpc) is 2.98. The number of allylic oxidation sites excluding steroid dienone is 1. The predicted molar refractivity (Wildman–Crippen MR) is 112 cm³/mol. The first-order valence-electron chi connectivity index (χ1n) is 8.57. The number of aliphatic imine (C=N–C) groups is 1. The summed E-state index contributed by atoms with van der Waals surface area (Å²) in [5, 5.41) is 6.08. The molecule has 2 aromatic rings. The number of hydrogen-bond acceptors (Lipinski definition) is 4. The molecule has 0 aromatic heterocycles. The minimum Gasteiger partial charge on any atom is -0.326 e. The Hall–Kier alpha value is -2.86. The van der Waals surface area contributed by atoms with E-state index in [1.54, 1.807) is 24.3 Å². The zero-order chi connectivity index (χ0) is 19.6. The van der Waals surface area contributed by atoms with E-state index in [9.17, 15) is 9.59 Å². The van der Waals surface area contributed by atoms with Gasteiger partial charge in [-0.25, -0.2) is 4.99 Å². The normalized spacial score (nSPS) is 17.0. The molecule has 2 aromatic carbocycles. The van der Waals surface area contributed by atoms with E-state index >= 15 is 0 Å². The van der Waals surface area contributed by atoms with Crippen molar-refractivity contribution in [2.45, 2.75) is 27.7 Å². The van der Waals surface area contributed by atoms with E-state index < -0.39 is 0 Å². The molecule has 0 unspecified atom stereocenters. The molecule has 0 aliphatic carbocycles. The maximum atomic E-state index is 12.4. The Labute approximate surface area is 163 Å². The van der Waals surface area contributed by atoms with Crippen molar-refractivity contribution in [3.63, 3.8) is 0 Å². The molecule has 1 heterocycles. The quantitative estimate of drug-likeness (QED) is 0.769. The number of nitrogens with one attached hydrogen (secondary N) is 2. The maximum absolute atomic E-state index is 12.4. The minimum absolute atomic E-state index is 0.121. The molecular weight excluding hydrogens is 358 g/mol. The lowest BCUT2D eigenvalue weighted by Gasteiger charge is -2.07. The van der Waals surface area contributed by atoms with Gasteiger partial charge in [-0.3, -0.25) is 9.59 Å². The van der Waals surface area contributed by atoms with Crippen LogP contribution in [0.4, 0.5) is 11.4 Å². The number of rotatable bonds is 3. The van der Waals surface area contributed by atoms with Gasteiger partial charge in [-0.05, 0) is 79.1 Å². The summed E-state index contributed by atoms with van der Waals surface area (Å²) in [4.78, 5) is 28.6. The molecule has 27 heavy (non-hydrogen) atoms. The smallest absolute Gasteiger partial charge is 0.264 e. The molecule has 0 radical (unpaired) electrons. The fraction of sp³-hybridized carbons (Fsp3) is 0.190. The Balaban J connectivity index is 1.82. The number of carbonyl (C=O) groups excluding carboxylic acids is 2. The number of hydrogen-bond donors (Lipinski definition) is 2. The molecule has 6 heteroatoms. The summed E-state index contributed by atoms with van der Waals surface area (Å²) in [6.45, 7) is 7.55. The van der Waals surface area contributed by atoms with Gasteiger partial charge >= 0.3 is 0 Å². The summed E-state index contributed by atoms with van der Waals surface area (Å²) in [5.41, 5.74) is 5.82. The number of thioether (sulfide) groups is 1. The second kappa shape index (κ2) is 7.80. The SMILES string of the molecule is CC(=O)Nc1ccc(N=C2NC(=O)/C(=C(\C)c3ccc(C)c(C)c3)S2)cc1. The van der Waals surface area contributed by atoms with Crippen LogP contribution in [-0.4, -0.2) is 17.0 Å². The number of amidine groups is 1. The van der Waals surface area contributed by atoms with E-state index in [2.05, 4.69) is 41.6 Å². The Bertz CT molecular complexity index is 975. The number of benzene rings is 2. The fourth-order valence-electron chi connectivity index (χ4n) is 2.67. The van der Waals surface area contributed by atoms with Crippen molar-refractivity contribution in [3.8, 4) is 0 Å². The number of carbonyl (C=O) groups is 2. The highest BCUT2D eigenvalue weighted by Crippen LogP contribution is 2.33. The molecular formula is C21H21N3O2S. The first-order valence-corrected chi connectivity index (χ1v) is 9.39. The largest absolute Gasteiger partial charge is 0.326 e. The molecule has 0 bridgehead atoms. The summed E-state index contributed by atoms with van der Waals surface area (Å²) in [5.74, 6) is -0.256. The maximum Gasteiger partial charge on any atom is 0.264 e. The van der Waals surface area contributed by atoms with Gasteiger partial charge < -0.3 is 10.6 Å². The van der Waals surface area contributed by atoms with Crippen LogP contribution in [0, 0.1) is 13.8 Å². The van der Waals surface area contributed by atoms with E-state index in [0.29, 0.717) is 21.4 Å². The Morgan fingerprint density at radius 1 is 1.04 bits per heavy atom. The van der Waals surface area contributed by atoms with Crippen molar-refractivity contribution < 1.29 is 9.59 Å². The lowest BCUT2D eigenvalue weighted by molar-refractivity contribution is -0.115. The molecule has 2 amide bonds. The van der Waals surface area contributed by atoms with E-state index in [0.717, 1.165) is 11.1 Å². The van der Waals surface area contributed by atoms with E-state index in [4.69, 9.17) is 0 Å². The van der Waals surface area contributed by atoms with Crippen LogP contribution in [0.15, 0.2) is 52.4 Å². The molecule has 0 atom stereocenters. The molecule has 5 nitrogen and oxygen atoms in total. The van der Waals surface area contributed by atoms with Gasteiger partial charge in [0.25, 0.3) is 5.91 Å². The minimum atomic E-state index is -0.135. The van der Waals surface area contributed by atoms with Crippen molar-refractivity contribution in [2.75, 3.05) is 5.32 Å². The van der Waals surface area contributed by atoms with Crippen LogP contribution < -0.4 is 10.6 Å². The van der Waals surface area contributed by atoms with Gasteiger partial charge in [-0.1, -0.05) is 18.2 Å². The van der Waals surface area contributed by atoms with Crippen molar-refractivity contribution in [1.29, 1.82) is 0 Å². The number of anilines is 1. The van der Waals surface area contributed by atoms with Crippen molar-refractivity contribution in [1.82, 2.24) is 5.32 Å². The molecule has 1 fully saturated rings.